The van der Waals surface area contributed by atoms with E-state index in [1.54, 1.807) is 13.8 Å². The smallest absolute Gasteiger partial charge is 0.359 e. The lowest BCUT2D eigenvalue weighted by atomic mass is 10.1. The number of aryl methyl sites for hydroxylation is 2. The molecule has 162 valence electrons. The number of nitrogens with one attached hydrogen (secondary N) is 1. The van der Waals surface area contributed by atoms with Crippen LogP contribution in [0.4, 0.5) is 5.00 Å². The van der Waals surface area contributed by atoms with E-state index in [4.69, 9.17) is 9.47 Å². The van der Waals surface area contributed by atoms with E-state index in [2.05, 4.69) is 10.4 Å². The molecule has 0 radical (unpaired) electrons. The van der Waals surface area contributed by atoms with E-state index in [1.165, 1.54) is 28.2 Å². The number of hydrogen-bond acceptors (Lipinski definition) is 8. The number of rotatable bonds is 9. The molecule has 30 heavy (non-hydrogen) atoms. The largest absolute Gasteiger partial charge is 0.462 e. The maximum absolute atomic E-state index is 12.3. The zero-order chi connectivity index (χ0) is 22.3. The first-order valence-corrected chi connectivity index (χ1v) is 10.5. The monoisotopic (exact) mass is 435 g/mol. The van der Waals surface area contributed by atoms with Crippen LogP contribution in [0.15, 0.2) is 16.9 Å². The summed E-state index contributed by atoms with van der Waals surface area (Å²) in [6, 6.07) is 2.48. The molecule has 0 bridgehead atoms. The molecule has 0 aliphatic carbocycles. The Morgan fingerprint density at radius 3 is 2.50 bits per heavy atom. The number of carbonyl (C=O) groups is 3. The standard InChI is InChI=1S/C20H25N3O6S/c1-5-10-23-16(25)9-8-13(22-23)19(26)29-11-15(24)21-18-17(20(27)28-7-3)12(4)14(6-2)30-18/h8-9H,5-7,10-11H2,1-4H3,(H,21,24). The molecular formula is C20H25N3O6S. The summed E-state index contributed by atoms with van der Waals surface area (Å²) in [6.07, 6.45) is 1.38. The van der Waals surface area contributed by atoms with Crippen molar-refractivity contribution in [3.05, 3.63) is 44.2 Å². The number of nitrogens with zero attached hydrogens (tertiary/aromatic N) is 2. The summed E-state index contributed by atoms with van der Waals surface area (Å²) in [5, 5.41) is 6.93. The molecule has 2 rings (SSSR count). The Labute approximate surface area is 178 Å². The molecule has 2 aromatic heterocycles. The Balaban J connectivity index is 2.08. The van der Waals surface area contributed by atoms with Crippen molar-refractivity contribution in [1.29, 1.82) is 0 Å². The van der Waals surface area contributed by atoms with E-state index in [0.717, 1.165) is 10.4 Å². The van der Waals surface area contributed by atoms with Gasteiger partial charge in [0.25, 0.3) is 11.5 Å². The second-order valence-corrected chi connectivity index (χ2v) is 7.44. The zero-order valence-corrected chi connectivity index (χ0v) is 18.3. The molecule has 1 amide bonds. The fraction of sp³-hybridized carbons (Fsp3) is 0.450. The van der Waals surface area contributed by atoms with Crippen LogP contribution in [0.1, 0.15) is 58.5 Å². The molecule has 2 heterocycles. The third-order valence-corrected chi connectivity index (χ3v) is 5.50. The predicted octanol–water partition coefficient (Wildman–Crippen LogP) is 2.56. The third-order valence-electron chi connectivity index (χ3n) is 4.14. The lowest BCUT2D eigenvalue weighted by molar-refractivity contribution is -0.119. The third kappa shape index (κ3) is 5.53. The lowest BCUT2D eigenvalue weighted by Gasteiger charge is -2.08. The molecule has 0 atom stereocenters. The average Bonchev–Trinajstić information content (AvgIpc) is 3.03. The summed E-state index contributed by atoms with van der Waals surface area (Å²) >= 11 is 1.28. The zero-order valence-electron chi connectivity index (χ0n) is 17.4. The highest BCUT2D eigenvalue weighted by atomic mass is 32.1. The van der Waals surface area contributed by atoms with Crippen molar-refractivity contribution in [3.63, 3.8) is 0 Å². The van der Waals surface area contributed by atoms with Crippen molar-refractivity contribution in [1.82, 2.24) is 9.78 Å². The lowest BCUT2D eigenvalue weighted by Crippen LogP contribution is -2.26. The van der Waals surface area contributed by atoms with Crippen LogP contribution in [0.2, 0.25) is 0 Å². The Kier molecular flexibility index (Phi) is 8.28. The molecule has 0 fully saturated rings. The van der Waals surface area contributed by atoms with Gasteiger partial charge in [-0.15, -0.1) is 11.3 Å². The highest BCUT2D eigenvalue weighted by molar-refractivity contribution is 7.17. The van der Waals surface area contributed by atoms with Crippen LogP contribution in [0.3, 0.4) is 0 Å². The van der Waals surface area contributed by atoms with Gasteiger partial charge in [0.2, 0.25) is 0 Å². The van der Waals surface area contributed by atoms with Crippen LogP contribution >= 0.6 is 11.3 Å². The first kappa shape index (κ1) is 23.3. The van der Waals surface area contributed by atoms with E-state index in [0.29, 0.717) is 30.0 Å². The fourth-order valence-corrected chi connectivity index (χ4v) is 3.88. The summed E-state index contributed by atoms with van der Waals surface area (Å²) in [6.45, 7) is 7.36. The molecule has 0 aromatic carbocycles. The van der Waals surface area contributed by atoms with Crippen molar-refractivity contribution in [3.8, 4) is 0 Å². The Bertz CT molecular complexity index is 995. The molecule has 2 aromatic rings. The SMILES string of the molecule is CCCn1nc(C(=O)OCC(=O)Nc2sc(CC)c(C)c2C(=O)OCC)ccc1=O. The van der Waals surface area contributed by atoms with Gasteiger partial charge in [-0.25, -0.2) is 14.3 Å². The van der Waals surface area contributed by atoms with E-state index in [9.17, 15) is 19.2 Å². The minimum Gasteiger partial charge on any atom is -0.462 e. The van der Waals surface area contributed by atoms with Gasteiger partial charge in [-0.05, 0) is 38.3 Å². The average molecular weight is 436 g/mol. The van der Waals surface area contributed by atoms with Crippen LogP contribution in [0.5, 0.6) is 0 Å². The van der Waals surface area contributed by atoms with Crippen LogP contribution in [0.25, 0.3) is 0 Å². The van der Waals surface area contributed by atoms with Gasteiger partial charge in [-0.2, -0.15) is 5.10 Å². The normalized spacial score (nSPS) is 10.5. The number of esters is 2. The maximum atomic E-state index is 12.3. The Morgan fingerprint density at radius 2 is 1.87 bits per heavy atom. The van der Waals surface area contributed by atoms with Crippen molar-refractivity contribution in [2.45, 2.75) is 47.1 Å². The predicted molar refractivity (Wildman–Crippen MR) is 112 cm³/mol. The Morgan fingerprint density at radius 1 is 1.13 bits per heavy atom. The number of thiophene rings is 1. The van der Waals surface area contributed by atoms with Gasteiger partial charge in [0, 0.05) is 17.5 Å². The van der Waals surface area contributed by atoms with E-state index in [-0.39, 0.29) is 17.9 Å². The number of carbonyl (C=O) groups excluding carboxylic acids is 3. The van der Waals surface area contributed by atoms with Crippen LogP contribution in [0, 0.1) is 6.92 Å². The van der Waals surface area contributed by atoms with Crippen LogP contribution in [-0.2, 0) is 27.2 Å². The fourth-order valence-electron chi connectivity index (χ4n) is 2.73. The number of aromatic nitrogens is 2. The van der Waals surface area contributed by atoms with Gasteiger partial charge >= 0.3 is 11.9 Å². The van der Waals surface area contributed by atoms with Gasteiger partial charge in [-0.1, -0.05) is 13.8 Å². The van der Waals surface area contributed by atoms with Gasteiger partial charge in [0.05, 0.1) is 12.2 Å². The molecule has 0 saturated heterocycles. The number of amides is 1. The van der Waals surface area contributed by atoms with Gasteiger partial charge in [0.1, 0.15) is 5.00 Å². The minimum absolute atomic E-state index is 0.0664. The number of ether oxygens (including phenoxy) is 2. The minimum atomic E-state index is -0.822. The topological polar surface area (TPSA) is 117 Å². The van der Waals surface area contributed by atoms with Gasteiger partial charge < -0.3 is 14.8 Å². The van der Waals surface area contributed by atoms with Crippen LogP contribution < -0.4 is 10.9 Å². The van der Waals surface area contributed by atoms with Crippen molar-refractivity contribution >= 4 is 34.2 Å². The highest BCUT2D eigenvalue weighted by Gasteiger charge is 2.23. The van der Waals surface area contributed by atoms with E-state index in [1.807, 2.05) is 13.8 Å². The van der Waals surface area contributed by atoms with Gasteiger partial charge in [0.15, 0.2) is 12.3 Å². The van der Waals surface area contributed by atoms with Crippen molar-refractivity contribution in [2.75, 3.05) is 18.5 Å². The second-order valence-electron chi connectivity index (χ2n) is 6.33. The Hall–Kier alpha value is -3.01. The molecule has 0 spiro atoms. The molecule has 0 unspecified atom stereocenters. The number of anilines is 1. The first-order valence-electron chi connectivity index (χ1n) is 9.66. The van der Waals surface area contributed by atoms with Gasteiger partial charge in [-0.3, -0.25) is 9.59 Å². The quantitative estimate of drug-likeness (QED) is 0.602. The molecule has 9 nitrogen and oxygen atoms in total. The summed E-state index contributed by atoms with van der Waals surface area (Å²) in [4.78, 5) is 49.4. The van der Waals surface area contributed by atoms with Crippen LogP contribution in [-0.4, -0.2) is 40.8 Å². The molecule has 0 aliphatic rings. The summed E-state index contributed by atoms with van der Waals surface area (Å²) in [5.41, 5.74) is 0.683. The highest BCUT2D eigenvalue weighted by Crippen LogP contribution is 2.34. The maximum Gasteiger partial charge on any atom is 0.359 e. The second kappa shape index (κ2) is 10.7. The van der Waals surface area contributed by atoms with Crippen molar-refractivity contribution < 1.29 is 23.9 Å². The molecule has 0 saturated carbocycles. The first-order chi connectivity index (χ1) is 14.3. The van der Waals surface area contributed by atoms with E-state index >= 15 is 0 Å². The summed E-state index contributed by atoms with van der Waals surface area (Å²) in [5.74, 6) is -1.93. The van der Waals surface area contributed by atoms with Crippen molar-refractivity contribution in [2.24, 2.45) is 0 Å². The molecule has 1 N–H and O–H groups in total. The molecule has 10 heteroatoms. The molecule has 0 aliphatic heterocycles. The van der Waals surface area contributed by atoms with E-state index < -0.39 is 24.5 Å². The summed E-state index contributed by atoms with van der Waals surface area (Å²) < 4.78 is 11.3. The number of hydrogen-bond donors (Lipinski definition) is 1. The summed E-state index contributed by atoms with van der Waals surface area (Å²) in [7, 11) is 0. The molecular weight excluding hydrogens is 410 g/mol.